The number of amidine groups is 1. The Labute approximate surface area is 113 Å². The van der Waals surface area contributed by atoms with Crippen LogP contribution in [0, 0.1) is 0 Å². The highest BCUT2D eigenvalue weighted by Gasteiger charge is 2.13. The first-order chi connectivity index (χ1) is 9.08. The number of pyridine rings is 1. The second-order valence-electron chi connectivity index (χ2n) is 4.41. The van der Waals surface area contributed by atoms with E-state index in [9.17, 15) is 0 Å². The van der Waals surface area contributed by atoms with Crippen LogP contribution < -0.4 is 15.4 Å². The van der Waals surface area contributed by atoms with E-state index >= 15 is 0 Å². The zero-order valence-corrected chi connectivity index (χ0v) is 11.7. The van der Waals surface area contributed by atoms with Gasteiger partial charge in [0.1, 0.15) is 5.84 Å². The Hall–Kier alpha value is -1.98. The molecule has 0 bridgehead atoms. The van der Waals surface area contributed by atoms with Crippen molar-refractivity contribution >= 4 is 11.7 Å². The zero-order chi connectivity index (χ0) is 14.3. The molecule has 0 amide bonds. The molecule has 1 heterocycles. The lowest BCUT2D eigenvalue weighted by Crippen LogP contribution is -2.29. The fourth-order valence-electron chi connectivity index (χ4n) is 1.68. The normalized spacial score (nSPS) is 11.7. The van der Waals surface area contributed by atoms with Crippen molar-refractivity contribution in [2.45, 2.75) is 33.3 Å². The Morgan fingerprint density at radius 2 is 2.32 bits per heavy atom. The van der Waals surface area contributed by atoms with Crippen molar-refractivity contribution in [1.29, 1.82) is 0 Å². The molecule has 19 heavy (non-hydrogen) atoms. The van der Waals surface area contributed by atoms with Crippen molar-refractivity contribution in [3.8, 4) is 5.75 Å². The molecule has 1 rings (SSSR count). The minimum Gasteiger partial charge on any atom is -0.487 e. The van der Waals surface area contributed by atoms with Crippen molar-refractivity contribution in [3.05, 3.63) is 18.3 Å². The van der Waals surface area contributed by atoms with Gasteiger partial charge in [-0.15, -0.1) is 0 Å². The molecule has 106 valence electrons. The second-order valence-corrected chi connectivity index (χ2v) is 4.41. The molecule has 6 heteroatoms. The van der Waals surface area contributed by atoms with Crippen LogP contribution in [0.15, 0.2) is 23.5 Å². The summed E-state index contributed by atoms with van der Waals surface area (Å²) in [6, 6.07) is 3.74. The minimum atomic E-state index is 0.0886. The van der Waals surface area contributed by atoms with Gasteiger partial charge in [0, 0.05) is 25.7 Å². The van der Waals surface area contributed by atoms with E-state index in [0.29, 0.717) is 13.0 Å². The quantitative estimate of drug-likeness (QED) is 0.340. The summed E-state index contributed by atoms with van der Waals surface area (Å²) in [5.74, 6) is 1.74. The van der Waals surface area contributed by atoms with E-state index in [1.54, 1.807) is 6.20 Å². The van der Waals surface area contributed by atoms with Gasteiger partial charge in [0.15, 0.2) is 11.6 Å². The monoisotopic (exact) mass is 266 g/mol. The van der Waals surface area contributed by atoms with E-state index in [4.69, 9.17) is 15.7 Å². The molecule has 1 aromatic rings. The van der Waals surface area contributed by atoms with Gasteiger partial charge in [-0.05, 0) is 32.9 Å². The summed E-state index contributed by atoms with van der Waals surface area (Å²) in [5, 5.41) is 11.5. The fourth-order valence-corrected chi connectivity index (χ4v) is 1.68. The molecule has 0 fully saturated rings. The summed E-state index contributed by atoms with van der Waals surface area (Å²) < 4.78 is 5.75. The lowest BCUT2D eigenvalue weighted by atomic mass is 10.3. The van der Waals surface area contributed by atoms with Gasteiger partial charge in [0.05, 0.1) is 6.10 Å². The van der Waals surface area contributed by atoms with E-state index < -0.39 is 0 Å². The highest BCUT2D eigenvalue weighted by atomic mass is 16.5. The molecular weight excluding hydrogens is 244 g/mol. The number of oxime groups is 1. The fraction of sp³-hybridized carbons (Fsp3) is 0.538. The number of ether oxygens (including phenoxy) is 1. The van der Waals surface area contributed by atoms with Gasteiger partial charge in [0.25, 0.3) is 0 Å². The van der Waals surface area contributed by atoms with Gasteiger partial charge in [-0.2, -0.15) is 0 Å². The van der Waals surface area contributed by atoms with E-state index in [1.807, 2.05) is 37.8 Å². The van der Waals surface area contributed by atoms with Crippen LogP contribution in [0.4, 0.5) is 5.82 Å². The average Bonchev–Trinajstić information content (AvgIpc) is 2.40. The Morgan fingerprint density at radius 1 is 1.58 bits per heavy atom. The first-order valence-corrected chi connectivity index (χ1v) is 6.41. The summed E-state index contributed by atoms with van der Waals surface area (Å²) in [6.07, 6.45) is 2.29. The van der Waals surface area contributed by atoms with E-state index in [2.05, 4.69) is 10.1 Å². The topological polar surface area (TPSA) is 84.0 Å². The van der Waals surface area contributed by atoms with Crippen LogP contribution in [0.2, 0.25) is 0 Å². The number of nitrogens with two attached hydrogens (primary N) is 1. The molecule has 0 unspecified atom stereocenters. The van der Waals surface area contributed by atoms with Crippen LogP contribution in [-0.4, -0.2) is 35.2 Å². The average molecular weight is 266 g/mol. The molecule has 0 aliphatic carbocycles. The van der Waals surface area contributed by atoms with Gasteiger partial charge in [-0.1, -0.05) is 5.16 Å². The first-order valence-electron chi connectivity index (χ1n) is 6.41. The summed E-state index contributed by atoms with van der Waals surface area (Å²) in [7, 11) is 0. The number of hydrogen-bond acceptors (Lipinski definition) is 5. The Kier molecular flexibility index (Phi) is 5.92. The predicted molar refractivity (Wildman–Crippen MR) is 75.9 cm³/mol. The number of hydrogen-bond donors (Lipinski definition) is 2. The maximum Gasteiger partial charge on any atom is 0.171 e. The summed E-state index contributed by atoms with van der Waals surface area (Å²) in [6.45, 7) is 7.37. The largest absolute Gasteiger partial charge is 0.487 e. The van der Waals surface area contributed by atoms with Crippen molar-refractivity contribution in [1.82, 2.24) is 4.98 Å². The highest BCUT2D eigenvalue weighted by Crippen LogP contribution is 2.26. The lowest BCUT2D eigenvalue weighted by Gasteiger charge is -2.24. The molecule has 0 radical (unpaired) electrons. The van der Waals surface area contributed by atoms with Crippen LogP contribution >= 0.6 is 0 Å². The number of rotatable bonds is 7. The molecule has 0 saturated heterocycles. The molecule has 0 aliphatic heterocycles. The maximum absolute atomic E-state index is 8.57. The predicted octanol–water partition coefficient (Wildman–Crippen LogP) is 1.83. The molecule has 1 aromatic heterocycles. The third-order valence-corrected chi connectivity index (χ3v) is 2.56. The van der Waals surface area contributed by atoms with Gasteiger partial charge >= 0.3 is 0 Å². The summed E-state index contributed by atoms with van der Waals surface area (Å²) in [4.78, 5) is 6.40. The molecule has 6 nitrogen and oxygen atoms in total. The lowest BCUT2D eigenvalue weighted by molar-refractivity contribution is 0.242. The Bertz CT molecular complexity index is 421. The minimum absolute atomic E-state index is 0.0886. The Morgan fingerprint density at radius 3 is 2.89 bits per heavy atom. The van der Waals surface area contributed by atoms with Crippen molar-refractivity contribution in [2.24, 2.45) is 10.9 Å². The standard InChI is InChI=1S/C13H22N4O2/c1-4-17(9-7-12(14)16-18)13-11(19-10(2)3)6-5-8-15-13/h5-6,8,10,18H,4,7,9H2,1-3H3,(H2,14,16). The summed E-state index contributed by atoms with van der Waals surface area (Å²) in [5.41, 5.74) is 5.49. The smallest absolute Gasteiger partial charge is 0.171 e. The van der Waals surface area contributed by atoms with Crippen molar-refractivity contribution in [3.63, 3.8) is 0 Å². The first kappa shape index (κ1) is 15.1. The highest BCUT2D eigenvalue weighted by molar-refractivity contribution is 5.80. The van der Waals surface area contributed by atoms with Gasteiger partial charge in [0.2, 0.25) is 0 Å². The van der Waals surface area contributed by atoms with Crippen LogP contribution in [0.3, 0.4) is 0 Å². The second kappa shape index (κ2) is 7.45. The molecule has 0 saturated carbocycles. The zero-order valence-electron chi connectivity index (χ0n) is 11.7. The molecule has 3 N–H and O–H groups in total. The third kappa shape index (κ3) is 4.65. The number of nitrogens with zero attached hydrogens (tertiary/aromatic N) is 3. The van der Waals surface area contributed by atoms with Crippen LogP contribution in [-0.2, 0) is 0 Å². The molecule has 0 aliphatic rings. The molecular formula is C13H22N4O2. The van der Waals surface area contributed by atoms with E-state index in [0.717, 1.165) is 18.1 Å². The van der Waals surface area contributed by atoms with Crippen LogP contribution in [0.25, 0.3) is 0 Å². The number of aromatic nitrogens is 1. The maximum atomic E-state index is 8.57. The Balaban J connectivity index is 2.85. The number of anilines is 1. The van der Waals surface area contributed by atoms with Gasteiger partial charge in [-0.3, -0.25) is 0 Å². The summed E-state index contributed by atoms with van der Waals surface area (Å²) >= 11 is 0. The van der Waals surface area contributed by atoms with Gasteiger partial charge in [-0.25, -0.2) is 4.98 Å². The van der Waals surface area contributed by atoms with E-state index in [-0.39, 0.29) is 11.9 Å². The molecule has 0 atom stereocenters. The van der Waals surface area contributed by atoms with Crippen LogP contribution in [0.1, 0.15) is 27.2 Å². The van der Waals surface area contributed by atoms with Crippen molar-refractivity contribution in [2.75, 3.05) is 18.0 Å². The third-order valence-electron chi connectivity index (χ3n) is 2.56. The SMILES string of the molecule is CCN(CC/C(N)=N/O)c1ncccc1OC(C)C. The van der Waals surface area contributed by atoms with Gasteiger partial charge < -0.3 is 20.6 Å². The van der Waals surface area contributed by atoms with Crippen LogP contribution in [0.5, 0.6) is 5.75 Å². The van der Waals surface area contributed by atoms with E-state index in [1.165, 1.54) is 0 Å². The van der Waals surface area contributed by atoms with Crippen molar-refractivity contribution < 1.29 is 9.94 Å². The molecule has 0 aromatic carbocycles. The molecule has 0 spiro atoms.